The molecule has 1 atom stereocenters. The van der Waals surface area contributed by atoms with Crippen LogP contribution in [-0.4, -0.2) is 37.6 Å². The van der Waals surface area contributed by atoms with Crippen LogP contribution in [0.15, 0.2) is 0 Å². The third kappa shape index (κ3) is 3.58. The van der Waals surface area contributed by atoms with Gasteiger partial charge in [-0.05, 0) is 38.8 Å². The van der Waals surface area contributed by atoms with Crippen molar-refractivity contribution in [3.8, 4) is 0 Å². The molecular formula is C12H26N2. The van der Waals surface area contributed by atoms with E-state index in [0.29, 0.717) is 5.41 Å². The summed E-state index contributed by atoms with van der Waals surface area (Å²) in [6, 6.07) is 0.792. The van der Waals surface area contributed by atoms with Crippen LogP contribution in [0.25, 0.3) is 0 Å². The largest absolute Gasteiger partial charge is 0.319 e. The van der Waals surface area contributed by atoms with Gasteiger partial charge in [0.05, 0.1) is 0 Å². The summed E-state index contributed by atoms with van der Waals surface area (Å²) < 4.78 is 0. The summed E-state index contributed by atoms with van der Waals surface area (Å²) in [6.45, 7) is 10.7. The van der Waals surface area contributed by atoms with Crippen LogP contribution in [-0.2, 0) is 0 Å². The van der Waals surface area contributed by atoms with Gasteiger partial charge in [0.15, 0.2) is 0 Å². The summed E-state index contributed by atoms with van der Waals surface area (Å²) in [5.74, 6) is 0. The Balaban J connectivity index is 2.40. The summed E-state index contributed by atoms with van der Waals surface area (Å²) in [4.78, 5) is 2.65. The van der Waals surface area contributed by atoms with Crippen LogP contribution < -0.4 is 5.32 Å². The molecule has 1 fully saturated rings. The first-order valence-corrected chi connectivity index (χ1v) is 5.94. The predicted octanol–water partition coefficient (Wildman–Crippen LogP) is 2.11. The molecule has 14 heavy (non-hydrogen) atoms. The minimum absolute atomic E-state index is 0.403. The van der Waals surface area contributed by atoms with E-state index in [0.717, 1.165) is 12.6 Å². The first-order valence-electron chi connectivity index (χ1n) is 5.94. The molecule has 0 aromatic rings. The number of piperidine rings is 1. The zero-order valence-electron chi connectivity index (χ0n) is 10.3. The lowest BCUT2D eigenvalue weighted by Crippen LogP contribution is -2.45. The van der Waals surface area contributed by atoms with Gasteiger partial charge in [0, 0.05) is 19.1 Å². The zero-order chi connectivity index (χ0) is 10.6. The van der Waals surface area contributed by atoms with Gasteiger partial charge in [0.1, 0.15) is 0 Å². The molecule has 1 aliphatic rings. The molecule has 0 radical (unpaired) electrons. The molecule has 0 saturated carbocycles. The number of hydrogen-bond acceptors (Lipinski definition) is 2. The van der Waals surface area contributed by atoms with Crippen LogP contribution in [0.4, 0.5) is 0 Å². The highest BCUT2D eigenvalue weighted by Crippen LogP contribution is 2.22. The van der Waals surface area contributed by atoms with E-state index in [1.54, 1.807) is 0 Å². The quantitative estimate of drug-likeness (QED) is 0.744. The van der Waals surface area contributed by atoms with Gasteiger partial charge < -0.3 is 10.2 Å². The van der Waals surface area contributed by atoms with Crippen molar-refractivity contribution in [2.24, 2.45) is 5.41 Å². The summed E-state index contributed by atoms with van der Waals surface area (Å²) in [5, 5.41) is 3.29. The Bertz CT molecular complexity index is 166. The van der Waals surface area contributed by atoms with Gasteiger partial charge in [-0.15, -0.1) is 0 Å². The number of hydrogen-bond donors (Lipinski definition) is 1. The normalized spacial score (nSPS) is 25.3. The molecule has 1 saturated heterocycles. The van der Waals surface area contributed by atoms with Gasteiger partial charge in [-0.1, -0.05) is 20.3 Å². The maximum atomic E-state index is 3.29. The molecular weight excluding hydrogens is 172 g/mol. The van der Waals surface area contributed by atoms with Crippen molar-refractivity contribution in [1.29, 1.82) is 0 Å². The topological polar surface area (TPSA) is 15.3 Å². The minimum Gasteiger partial charge on any atom is -0.319 e. The highest BCUT2D eigenvalue weighted by Gasteiger charge is 2.25. The fourth-order valence-electron chi connectivity index (χ4n) is 2.48. The van der Waals surface area contributed by atoms with Crippen molar-refractivity contribution in [1.82, 2.24) is 10.2 Å². The van der Waals surface area contributed by atoms with Gasteiger partial charge in [0.25, 0.3) is 0 Å². The van der Waals surface area contributed by atoms with E-state index in [9.17, 15) is 0 Å². The standard InChI is InChI=1S/C12H26N2/c1-11-7-5-6-8-14(11)10-12(2,3)9-13-4/h11,13H,5-10H2,1-4H3. The average Bonchev–Trinajstić information content (AvgIpc) is 2.08. The van der Waals surface area contributed by atoms with E-state index in [2.05, 4.69) is 31.0 Å². The van der Waals surface area contributed by atoms with E-state index in [1.807, 2.05) is 7.05 Å². The van der Waals surface area contributed by atoms with Crippen LogP contribution in [0.3, 0.4) is 0 Å². The van der Waals surface area contributed by atoms with Crippen LogP contribution in [0.5, 0.6) is 0 Å². The Kier molecular flexibility index (Phi) is 4.39. The first kappa shape index (κ1) is 12.0. The van der Waals surface area contributed by atoms with Gasteiger partial charge in [0.2, 0.25) is 0 Å². The molecule has 1 unspecified atom stereocenters. The van der Waals surface area contributed by atoms with E-state index in [-0.39, 0.29) is 0 Å². The van der Waals surface area contributed by atoms with E-state index < -0.39 is 0 Å². The highest BCUT2D eigenvalue weighted by molar-refractivity contribution is 4.80. The lowest BCUT2D eigenvalue weighted by atomic mass is 9.90. The van der Waals surface area contributed by atoms with E-state index >= 15 is 0 Å². The first-order chi connectivity index (χ1) is 6.55. The lowest BCUT2D eigenvalue weighted by molar-refractivity contribution is 0.105. The van der Waals surface area contributed by atoms with Crippen molar-refractivity contribution in [2.45, 2.75) is 46.1 Å². The van der Waals surface area contributed by atoms with Gasteiger partial charge in [-0.25, -0.2) is 0 Å². The number of nitrogens with one attached hydrogen (secondary N) is 1. The number of likely N-dealkylation sites (tertiary alicyclic amines) is 1. The van der Waals surface area contributed by atoms with Crippen molar-refractivity contribution in [3.05, 3.63) is 0 Å². The summed E-state index contributed by atoms with van der Waals surface area (Å²) in [5.41, 5.74) is 0.403. The Morgan fingerprint density at radius 2 is 2.07 bits per heavy atom. The second-order valence-electron chi connectivity index (χ2n) is 5.51. The Hall–Kier alpha value is -0.0800. The van der Waals surface area contributed by atoms with Crippen molar-refractivity contribution in [3.63, 3.8) is 0 Å². The monoisotopic (exact) mass is 198 g/mol. The van der Waals surface area contributed by atoms with Crippen molar-refractivity contribution in [2.75, 3.05) is 26.7 Å². The molecule has 0 aromatic heterocycles. The molecule has 0 amide bonds. The van der Waals surface area contributed by atoms with Crippen LogP contribution in [0, 0.1) is 5.41 Å². The van der Waals surface area contributed by atoms with E-state index in [4.69, 9.17) is 0 Å². The number of nitrogens with zero attached hydrogens (tertiary/aromatic N) is 1. The maximum Gasteiger partial charge on any atom is 0.00671 e. The molecule has 0 aromatic carbocycles. The smallest absolute Gasteiger partial charge is 0.00671 e. The summed E-state index contributed by atoms with van der Waals surface area (Å²) in [7, 11) is 2.04. The lowest BCUT2D eigenvalue weighted by Gasteiger charge is -2.39. The Morgan fingerprint density at radius 1 is 1.36 bits per heavy atom. The van der Waals surface area contributed by atoms with Crippen LogP contribution in [0.2, 0.25) is 0 Å². The zero-order valence-corrected chi connectivity index (χ0v) is 10.3. The summed E-state index contributed by atoms with van der Waals surface area (Å²) in [6.07, 6.45) is 4.19. The van der Waals surface area contributed by atoms with Gasteiger partial charge in [-0.3, -0.25) is 0 Å². The second kappa shape index (κ2) is 5.13. The SMILES string of the molecule is CNCC(C)(C)CN1CCCCC1C. The molecule has 1 heterocycles. The molecule has 0 aliphatic carbocycles. The molecule has 1 aliphatic heterocycles. The fourth-order valence-corrected chi connectivity index (χ4v) is 2.48. The summed E-state index contributed by atoms with van der Waals surface area (Å²) >= 11 is 0. The van der Waals surface area contributed by atoms with Gasteiger partial charge >= 0.3 is 0 Å². The molecule has 2 heteroatoms. The molecule has 0 bridgehead atoms. The highest BCUT2D eigenvalue weighted by atomic mass is 15.2. The minimum atomic E-state index is 0.403. The molecule has 0 spiro atoms. The maximum absolute atomic E-state index is 3.29. The van der Waals surface area contributed by atoms with Crippen LogP contribution >= 0.6 is 0 Å². The van der Waals surface area contributed by atoms with Crippen molar-refractivity contribution < 1.29 is 0 Å². The molecule has 1 rings (SSSR count). The third-order valence-electron chi connectivity index (χ3n) is 3.23. The number of rotatable bonds is 4. The molecule has 1 N–H and O–H groups in total. The van der Waals surface area contributed by atoms with Crippen molar-refractivity contribution >= 4 is 0 Å². The van der Waals surface area contributed by atoms with Crippen LogP contribution in [0.1, 0.15) is 40.0 Å². The average molecular weight is 198 g/mol. The third-order valence-corrected chi connectivity index (χ3v) is 3.23. The molecule has 2 nitrogen and oxygen atoms in total. The Labute approximate surface area is 89.1 Å². The van der Waals surface area contributed by atoms with E-state index in [1.165, 1.54) is 32.4 Å². The predicted molar refractivity (Wildman–Crippen MR) is 62.6 cm³/mol. The second-order valence-corrected chi connectivity index (χ2v) is 5.51. The Morgan fingerprint density at radius 3 is 2.64 bits per heavy atom. The fraction of sp³-hybridized carbons (Fsp3) is 1.00. The molecule has 84 valence electrons. The van der Waals surface area contributed by atoms with Gasteiger partial charge in [-0.2, -0.15) is 0 Å².